The molecule has 2 heterocycles. The molecule has 2 amide bonds. The second-order valence-electron chi connectivity index (χ2n) is 7.01. The normalized spacial score (nSPS) is 18.5. The number of hydrogen-bond donors (Lipinski definition) is 1. The molecule has 0 radical (unpaired) electrons. The summed E-state index contributed by atoms with van der Waals surface area (Å²) in [4.78, 5) is 26.7. The first-order chi connectivity index (χ1) is 13.0. The average molecular weight is 366 g/mol. The van der Waals surface area contributed by atoms with E-state index in [0.29, 0.717) is 36.8 Å². The predicted octanol–water partition coefficient (Wildman–Crippen LogP) is 2.61. The van der Waals surface area contributed by atoms with Gasteiger partial charge in [-0.25, -0.2) is 0 Å². The highest BCUT2D eigenvalue weighted by Gasteiger charge is 2.32. The van der Waals surface area contributed by atoms with Gasteiger partial charge in [0.05, 0.1) is 6.04 Å². The molecule has 140 valence electrons. The summed E-state index contributed by atoms with van der Waals surface area (Å²) >= 11 is 0. The Balaban J connectivity index is 1.46. The molecule has 1 N–H and O–H groups in total. The van der Waals surface area contributed by atoms with Crippen molar-refractivity contribution in [3.8, 4) is 11.5 Å². The molecule has 2 aliphatic heterocycles. The maximum Gasteiger partial charge on any atom is 0.251 e. The van der Waals surface area contributed by atoms with Crippen LogP contribution in [0, 0.1) is 13.8 Å². The van der Waals surface area contributed by atoms with Crippen LogP contribution in [-0.4, -0.2) is 37.6 Å². The molecule has 0 aromatic heterocycles. The first kappa shape index (κ1) is 17.4. The number of anilines is 1. The van der Waals surface area contributed by atoms with E-state index in [-0.39, 0.29) is 24.3 Å². The lowest BCUT2D eigenvalue weighted by molar-refractivity contribution is -0.117. The van der Waals surface area contributed by atoms with E-state index in [1.165, 1.54) is 0 Å². The highest BCUT2D eigenvalue weighted by molar-refractivity contribution is 5.99. The molecular formula is C21H22N2O4. The zero-order valence-electron chi connectivity index (χ0n) is 15.5. The molecule has 2 aromatic carbocycles. The van der Waals surface area contributed by atoms with Gasteiger partial charge in [0.1, 0.15) is 13.2 Å². The van der Waals surface area contributed by atoms with Crippen molar-refractivity contribution in [1.29, 1.82) is 0 Å². The van der Waals surface area contributed by atoms with E-state index in [0.717, 1.165) is 16.8 Å². The molecule has 6 heteroatoms. The predicted molar refractivity (Wildman–Crippen MR) is 102 cm³/mol. The minimum atomic E-state index is -0.222. The Morgan fingerprint density at radius 1 is 1.04 bits per heavy atom. The number of carbonyl (C=O) groups is 2. The highest BCUT2D eigenvalue weighted by Crippen LogP contribution is 2.35. The standard InChI is InChI=1S/C21H22N2O4/c1-13-3-4-15(9-14(13)2)21(25)22-16-10-20(24)23(12-16)17-5-6-18-19(11-17)27-8-7-26-18/h3-6,9,11,16H,7-8,10,12H2,1-2H3,(H,22,25)/t16-/m0/s1. The van der Waals surface area contributed by atoms with E-state index < -0.39 is 0 Å². The van der Waals surface area contributed by atoms with Gasteiger partial charge in [-0.15, -0.1) is 0 Å². The average Bonchev–Trinajstić information content (AvgIpc) is 3.03. The van der Waals surface area contributed by atoms with Crippen LogP contribution in [-0.2, 0) is 4.79 Å². The second kappa shape index (κ2) is 6.95. The fourth-order valence-corrected chi connectivity index (χ4v) is 3.41. The Bertz CT molecular complexity index is 909. The number of rotatable bonds is 3. The summed E-state index contributed by atoms with van der Waals surface area (Å²) in [7, 11) is 0. The maximum atomic E-state index is 12.5. The molecule has 0 spiro atoms. The SMILES string of the molecule is Cc1ccc(C(=O)N[C@H]2CC(=O)N(c3ccc4c(c3)OCCO4)C2)cc1C. The van der Waals surface area contributed by atoms with E-state index in [9.17, 15) is 9.59 Å². The third kappa shape index (κ3) is 3.47. The minimum Gasteiger partial charge on any atom is -0.486 e. The summed E-state index contributed by atoms with van der Waals surface area (Å²) in [6.45, 7) is 5.46. The van der Waals surface area contributed by atoms with Crippen molar-refractivity contribution in [3.05, 3.63) is 53.1 Å². The lowest BCUT2D eigenvalue weighted by atomic mass is 10.1. The molecule has 1 fully saturated rings. The van der Waals surface area contributed by atoms with Gasteiger partial charge in [0.2, 0.25) is 5.91 Å². The van der Waals surface area contributed by atoms with Crippen LogP contribution in [0.4, 0.5) is 5.69 Å². The number of aryl methyl sites for hydroxylation is 2. The molecule has 27 heavy (non-hydrogen) atoms. The molecule has 0 unspecified atom stereocenters. The van der Waals surface area contributed by atoms with Gasteiger partial charge in [0, 0.05) is 30.3 Å². The van der Waals surface area contributed by atoms with Crippen LogP contribution in [0.3, 0.4) is 0 Å². The van der Waals surface area contributed by atoms with Gasteiger partial charge >= 0.3 is 0 Å². The van der Waals surface area contributed by atoms with Crippen molar-refractivity contribution in [1.82, 2.24) is 5.32 Å². The van der Waals surface area contributed by atoms with Crippen molar-refractivity contribution in [3.63, 3.8) is 0 Å². The fraction of sp³-hybridized carbons (Fsp3) is 0.333. The summed E-state index contributed by atoms with van der Waals surface area (Å²) in [5, 5.41) is 2.98. The number of ether oxygens (including phenoxy) is 2. The Labute approximate surface area is 158 Å². The van der Waals surface area contributed by atoms with Crippen LogP contribution < -0.4 is 19.7 Å². The Morgan fingerprint density at radius 2 is 1.81 bits per heavy atom. The third-order valence-corrected chi connectivity index (χ3v) is 5.07. The van der Waals surface area contributed by atoms with Crippen LogP contribution in [0.5, 0.6) is 11.5 Å². The van der Waals surface area contributed by atoms with E-state index in [1.54, 1.807) is 4.90 Å². The maximum absolute atomic E-state index is 12.5. The fourth-order valence-electron chi connectivity index (χ4n) is 3.41. The van der Waals surface area contributed by atoms with Crippen molar-refractivity contribution >= 4 is 17.5 Å². The van der Waals surface area contributed by atoms with Crippen LogP contribution in [0.15, 0.2) is 36.4 Å². The minimum absolute atomic E-state index is 0.0166. The molecule has 6 nitrogen and oxygen atoms in total. The van der Waals surface area contributed by atoms with Gasteiger partial charge in [0.15, 0.2) is 11.5 Å². The van der Waals surface area contributed by atoms with Gasteiger partial charge in [-0.2, -0.15) is 0 Å². The van der Waals surface area contributed by atoms with Gasteiger partial charge in [-0.05, 0) is 49.2 Å². The van der Waals surface area contributed by atoms with Crippen LogP contribution in [0.1, 0.15) is 27.9 Å². The van der Waals surface area contributed by atoms with Crippen molar-refractivity contribution < 1.29 is 19.1 Å². The number of carbonyl (C=O) groups excluding carboxylic acids is 2. The van der Waals surface area contributed by atoms with Crippen LogP contribution >= 0.6 is 0 Å². The van der Waals surface area contributed by atoms with Crippen molar-refractivity contribution in [2.24, 2.45) is 0 Å². The summed E-state index contributed by atoms with van der Waals surface area (Å²) in [6, 6.07) is 10.9. The first-order valence-corrected chi connectivity index (χ1v) is 9.09. The Hall–Kier alpha value is -3.02. The largest absolute Gasteiger partial charge is 0.486 e. The number of hydrogen-bond acceptors (Lipinski definition) is 4. The molecular weight excluding hydrogens is 344 g/mol. The molecule has 1 saturated heterocycles. The number of nitrogens with one attached hydrogen (secondary N) is 1. The Morgan fingerprint density at radius 3 is 2.59 bits per heavy atom. The topological polar surface area (TPSA) is 67.9 Å². The zero-order chi connectivity index (χ0) is 19.0. The smallest absolute Gasteiger partial charge is 0.251 e. The summed E-state index contributed by atoms with van der Waals surface area (Å²) in [6.07, 6.45) is 0.283. The van der Waals surface area contributed by atoms with Gasteiger partial charge in [-0.3, -0.25) is 9.59 Å². The van der Waals surface area contributed by atoms with Gasteiger partial charge in [0.25, 0.3) is 5.91 Å². The van der Waals surface area contributed by atoms with E-state index >= 15 is 0 Å². The zero-order valence-corrected chi connectivity index (χ0v) is 15.5. The quantitative estimate of drug-likeness (QED) is 0.907. The number of nitrogens with zero attached hydrogens (tertiary/aromatic N) is 1. The second-order valence-corrected chi connectivity index (χ2v) is 7.01. The lowest BCUT2D eigenvalue weighted by Crippen LogP contribution is -2.37. The molecule has 2 aromatic rings. The van der Waals surface area contributed by atoms with Gasteiger partial charge in [-0.1, -0.05) is 6.07 Å². The first-order valence-electron chi connectivity index (χ1n) is 9.09. The van der Waals surface area contributed by atoms with Crippen LogP contribution in [0.25, 0.3) is 0 Å². The van der Waals surface area contributed by atoms with Crippen molar-refractivity contribution in [2.75, 3.05) is 24.7 Å². The van der Waals surface area contributed by atoms with Gasteiger partial charge < -0.3 is 19.7 Å². The number of amides is 2. The molecule has 0 aliphatic carbocycles. The molecule has 2 aliphatic rings. The summed E-state index contributed by atoms with van der Waals surface area (Å²) in [5.41, 5.74) is 3.59. The molecule has 0 bridgehead atoms. The third-order valence-electron chi connectivity index (χ3n) is 5.07. The van der Waals surface area contributed by atoms with E-state index in [1.807, 2.05) is 50.2 Å². The number of benzene rings is 2. The van der Waals surface area contributed by atoms with Crippen molar-refractivity contribution in [2.45, 2.75) is 26.3 Å². The highest BCUT2D eigenvalue weighted by atomic mass is 16.6. The molecule has 1 atom stereocenters. The molecule has 4 rings (SSSR count). The van der Waals surface area contributed by atoms with Crippen LogP contribution in [0.2, 0.25) is 0 Å². The Kier molecular flexibility index (Phi) is 4.48. The lowest BCUT2D eigenvalue weighted by Gasteiger charge is -2.22. The monoisotopic (exact) mass is 366 g/mol. The summed E-state index contributed by atoms with van der Waals surface area (Å²) in [5.74, 6) is 1.17. The summed E-state index contributed by atoms with van der Waals surface area (Å²) < 4.78 is 11.1. The van der Waals surface area contributed by atoms with E-state index in [2.05, 4.69) is 5.32 Å². The van der Waals surface area contributed by atoms with E-state index in [4.69, 9.17) is 9.47 Å². The molecule has 0 saturated carbocycles. The number of fused-ring (bicyclic) bond motifs is 1.